The normalized spacial score (nSPS) is 17.5. The van der Waals surface area contributed by atoms with Crippen molar-refractivity contribution in [2.45, 2.75) is 25.8 Å². The van der Waals surface area contributed by atoms with Crippen molar-refractivity contribution < 1.29 is 9.53 Å². The molecule has 26 heavy (non-hydrogen) atoms. The number of piperidine rings is 1. The molecule has 0 saturated carbocycles. The van der Waals surface area contributed by atoms with Gasteiger partial charge in [0.2, 0.25) is 0 Å². The number of carbonyl (C=O) groups is 1. The molecule has 1 fully saturated rings. The molecule has 1 heterocycles. The maximum absolute atomic E-state index is 11.5. The van der Waals surface area contributed by atoms with E-state index in [0.29, 0.717) is 17.9 Å². The highest BCUT2D eigenvalue weighted by atomic mass is 16.5. The van der Waals surface area contributed by atoms with Crippen LogP contribution < -0.4 is 0 Å². The van der Waals surface area contributed by atoms with Crippen LogP contribution in [0.4, 0.5) is 0 Å². The number of hydrogen-bond acceptors (Lipinski definition) is 4. The van der Waals surface area contributed by atoms with E-state index in [-0.39, 0.29) is 5.97 Å². The molecule has 2 aromatic carbocycles. The van der Waals surface area contributed by atoms with Crippen molar-refractivity contribution in [3.63, 3.8) is 0 Å². The van der Waals surface area contributed by atoms with Crippen LogP contribution in [-0.4, -0.2) is 31.1 Å². The lowest BCUT2D eigenvalue weighted by Crippen LogP contribution is -2.35. The first-order chi connectivity index (χ1) is 12.7. The second kappa shape index (κ2) is 8.64. The van der Waals surface area contributed by atoms with Crippen molar-refractivity contribution in [2.24, 2.45) is 5.92 Å². The highest BCUT2D eigenvalue weighted by Gasteiger charge is 2.22. The largest absolute Gasteiger partial charge is 0.469 e. The minimum absolute atomic E-state index is 0.108. The van der Waals surface area contributed by atoms with Gasteiger partial charge < -0.3 is 4.74 Å². The quantitative estimate of drug-likeness (QED) is 0.767. The summed E-state index contributed by atoms with van der Waals surface area (Å²) < 4.78 is 4.80. The Balaban J connectivity index is 1.60. The molecule has 2 aromatic rings. The zero-order valence-corrected chi connectivity index (χ0v) is 15.1. The van der Waals surface area contributed by atoms with Crippen LogP contribution in [0.15, 0.2) is 48.5 Å². The summed E-state index contributed by atoms with van der Waals surface area (Å²) in [6.45, 7) is 2.94. The number of hydrogen-bond donors (Lipinski definition) is 0. The average Bonchev–Trinajstić information content (AvgIpc) is 2.69. The summed E-state index contributed by atoms with van der Waals surface area (Å²) in [6, 6.07) is 18.4. The molecule has 1 atom stereocenters. The summed E-state index contributed by atoms with van der Waals surface area (Å²) in [5, 5.41) is 8.89. The fourth-order valence-corrected chi connectivity index (χ4v) is 3.58. The molecule has 1 unspecified atom stereocenters. The van der Waals surface area contributed by atoms with Crippen LogP contribution in [0.25, 0.3) is 11.1 Å². The van der Waals surface area contributed by atoms with Gasteiger partial charge in [0.15, 0.2) is 0 Å². The predicted octanol–water partition coefficient (Wildman–Crippen LogP) is 4.00. The van der Waals surface area contributed by atoms with E-state index in [0.717, 1.165) is 43.6 Å². The third-order valence-electron chi connectivity index (χ3n) is 4.99. The number of carbonyl (C=O) groups excluding carboxylic acids is 1. The molecule has 0 bridgehead atoms. The summed E-state index contributed by atoms with van der Waals surface area (Å²) >= 11 is 0. The molecule has 1 saturated heterocycles. The van der Waals surface area contributed by atoms with Crippen molar-refractivity contribution >= 4 is 5.97 Å². The zero-order valence-electron chi connectivity index (χ0n) is 15.1. The minimum atomic E-state index is -0.108. The molecule has 4 heteroatoms. The Morgan fingerprint density at radius 3 is 2.42 bits per heavy atom. The van der Waals surface area contributed by atoms with Gasteiger partial charge in [0, 0.05) is 19.5 Å². The molecule has 1 aliphatic heterocycles. The minimum Gasteiger partial charge on any atom is -0.469 e. The standard InChI is InChI=1S/C22H24N2O2/c1-26-22(25)13-19-3-2-12-24(16-19)15-18-6-10-21(11-7-18)20-8-4-17(14-23)5-9-20/h4-11,19H,2-3,12-13,15-16H2,1H3. The first-order valence-corrected chi connectivity index (χ1v) is 9.06. The second-order valence-electron chi connectivity index (χ2n) is 6.91. The predicted molar refractivity (Wildman–Crippen MR) is 101 cm³/mol. The van der Waals surface area contributed by atoms with Crippen LogP contribution in [0.5, 0.6) is 0 Å². The number of nitrogens with zero attached hydrogens (tertiary/aromatic N) is 2. The third kappa shape index (κ3) is 4.71. The topological polar surface area (TPSA) is 53.3 Å². The van der Waals surface area contributed by atoms with E-state index in [9.17, 15) is 4.79 Å². The van der Waals surface area contributed by atoms with E-state index in [4.69, 9.17) is 10.00 Å². The van der Waals surface area contributed by atoms with E-state index in [1.807, 2.05) is 24.3 Å². The molecule has 0 aliphatic carbocycles. The van der Waals surface area contributed by atoms with Gasteiger partial charge in [0.1, 0.15) is 0 Å². The van der Waals surface area contributed by atoms with Gasteiger partial charge in [-0.05, 0) is 54.1 Å². The number of benzene rings is 2. The van der Waals surface area contributed by atoms with Crippen molar-refractivity contribution in [1.82, 2.24) is 4.90 Å². The third-order valence-corrected chi connectivity index (χ3v) is 4.99. The van der Waals surface area contributed by atoms with Gasteiger partial charge in [-0.1, -0.05) is 36.4 Å². The van der Waals surface area contributed by atoms with Crippen LogP contribution in [0.2, 0.25) is 0 Å². The Labute approximate surface area is 155 Å². The SMILES string of the molecule is COC(=O)CC1CCCN(Cc2ccc(-c3ccc(C#N)cc3)cc2)C1. The maximum atomic E-state index is 11.5. The van der Waals surface area contributed by atoms with E-state index in [1.54, 1.807) is 0 Å². The van der Waals surface area contributed by atoms with Crippen molar-refractivity contribution in [1.29, 1.82) is 5.26 Å². The first kappa shape index (κ1) is 18.2. The number of ether oxygens (including phenoxy) is 1. The summed E-state index contributed by atoms with van der Waals surface area (Å²) in [4.78, 5) is 13.9. The smallest absolute Gasteiger partial charge is 0.305 e. The number of rotatable bonds is 5. The molecular formula is C22H24N2O2. The average molecular weight is 348 g/mol. The van der Waals surface area contributed by atoms with E-state index >= 15 is 0 Å². The van der Waals surface area contributed by atoms with Crippen LogP contribution in [-0.2, 0) is 16.1 Å². The molecule has 134 valence electrons. The van der Waals surface area contributed by atoms with Crippen LogP contribution in [0, 0.1) is 17.2 Å². The highest BCUT2D eigenvalue weighted by Crippen LogP contribution is 2.24. The second-order valence-corrected chi connectivity index (χ2v) is 6.91. The number of nitriles is 1. The summed E-state index contributed by atoms with van der Waals surface area (Å²) in [6.07, 6.45) is 2.75. The van der Waals surface area contributed by atoms with Gasteiger partial charge in [-0.3, -0.25) is 9.69 Å². The van der Waals surface area contributed by atoms with Gasteiger partial charge in [-0.2, -0.15) is 5.26 Å². The lowest BCUT2D eigenvalue weighted by atomic mass is 9.94. The molecule has 0 N–H and O–H groups in total. The number of methoxy groups -OCH3 is 1. The molecular weight excluding hydrogens is 324 g/mol. The fourth-order valence-electron chi connectivity index (χ4n) is 3.58. The molecule has 0 amide bonds. The van der Waals surface area contributed by atoms with Gasteiger partial charge in [-0.25, -0.2) is 0 Å². The molecule has 0 aromatic heterocycles. The van der Waals surface area contributed by atoms with E-state index in [1.165, 1.54) is 12.7 Å². The van der Waals surface area contributed by atoms with Crippen LogP contribution in [0.1, 0.15) is 30.4 Å². The summed E-state index contributed by atoms with van der Waals surface area (Å²) in [5.74, 6) is 0.290. The van der Waals surface area contributed by atoms with E-state index in [2.05, 4.69) is 35.2 Å². The van der Waals surface area contributed by atoms with Crippen molar-refractivity contribution in [3.8, 4) is 17.2 Å². The van der Waals surface area contributed by atoms with E-state index < -0.39 is 0 Å². The Morgan fingerprint density at radius 1 is 1.15 bits per heavy atom. The summed E-state index contributed by atoms with van der Waals surface area (Å²) in [7, 11) is 1.46. The first-order valence-electron chi connectivity index (χ1n) is 9.06. The zero-order chi connectivity index (χ0) is 18.4. The monoisotopic (exact) mass is 348 g/mol. The Morgan fingerprint density at radius 2 is 1.81 bits per heavy atom. The lowest BCUT2D eigenvalue weighted by molar-refractivity contribution is -0.142. The highest BCUT2D eigenvalue weighted by molar-refractivity contribution is 5.69. The van der Waals surface area contributed by atoms with Crippen LogP contribution in [0.3, 0.4) is 0 Å². The van der Waals surface area contributed by atoms with Gasteiger partial charge in [0.25, 0.3) is 0 Å². The summed E-state index contributed by atoms with van der Waals surface area (Å²) in [5.41, 5.74) is 4.23. The van der Waals surface area contributed by atoms with Gasteiger partial charge >= 0.3 is 5.97 Å². The number of esters is 1. The molecule has 4 nitrogen and oxygen atoms in total. The van der Waals surface area contributed by atoms with Crippen molar-refractivity contribution in [3.05, 3.63) is 59.7 Å². The Bertz CT molecular complexity index is 775. The van der Waals surface area contributed by atoms with Gasteiger partial charge in [-0.15, -0.1) is 0 Å². The molecule has 0 radical (unpaired) electrons. The van der Waals surface area contributed by atoms with Crippen molar-refractivity contribution in [2.75, 3.05) is 20.2 Å². The molecule has 1 aliphatic rings. The number of likely N-dealkylation sites (tertiary alicyclic amines) is 1. The fraction of sp³-hybridized carbons (Fsp3) is 0.364. The maximum Gasteiger partial charge on any atom is 0.305 e. The lowest BCUT2D eigenvalue weighted by Gasteiger charge is -2.32. The van der Waals surface area contributed by atoms with Crippen LogP contribution >= 0.6 is 0 Å². The molecule has 0 spiro atoms. The Hall–Kier alpha value is -2.64. The van der Waals surface area contributed by atoms with Gasteiger partial charge in [0.05, 0.1) is 18.7 Å². The Kier molecular flexibility index (Phi) is 6.04. The molecule has 3 rings (SSSR count).